The van der Waals surface area contributed by atoms with Crippen LogP contribution in [0.1, 0.15) is 5.69 Å². The SMILES string of the molecule is Clc1cc(OCc2ccccn2)ccn1. The maximum absolute atomic E-state index is 5.72. The van der Waals surface area contributed by atoms with E-state index in [-0.39, 0.29) is 0 Å². The fraction of sp³-hybridized carbons (Fsp3) is 0.0909. The Morgan fingerprint density at radius 2 is 2.07 bits per heavy atom. The van der Waals surface area contributed by atoms with E-state index in [1.807, 2.05) is 18.2 Å². The van der Waals surface area contributed by atoms with Crippen LogP contribution in [0.3, 0.4) is 0 Å². The summed E-state index contributed by atoms with van der Waals surface area (Å²) in [5, 5.41) is 0.425. The normalized spacial score (nSPS) is 9.93. The molecule has 0 aliphatic rings. The monoisotopic (exact) mass is 220 g/mol. The van der Waals surface area contributed by atoms with Gasteiger partial charge in [-0.2, -0.15) is 0 Å². The summed E-state index contributed by atoms with van der Waals surface area (Å²) in [5.41, 5.74) is 0.880. The van der Waals surface area contributed by atoms with Crippen molar-refractivity contribution in [1.82, 2.24) is 9.97 Å². The molecule has 4 heteroatoms. The third kappa shape index (κ3) is 2.92. The smallest absolute Gasteiger partial charge is 0.132 e. The van der Waals surface area contributed by atoms with Crippen LogP contribution >= 0.6 is 11.6 Å². The molecule has 0 aliphatic carbocycles. The molecule has 0 N–H and O–H groups in total. The molecular weight excluding hydrogens is 212 g/mol. The summed E-state index contributed by atoms with van der Waals surface area (Å²) in [5.74, 6) is 0.695. The van der Waals surface area contributed by atoms with Crippen molar-refractivity contribution in [3.63, 3.8) is 0 Å². The molecule has 2 rings (SSSR count). The summed E-state index contributed by atoms with van der Waals surface area (Å²) in [4.78, 5) is 8.01. The van der Waals surface area contributed by atoms with Gasteiger partial charge in [0.2, 0.25) is 0 Å². The summed E-state index contributed by atoms with van der Waals surface area (Å²) in [6.45, 7) is 0.432. The highest BCUT2D eigenvalue weighted by Crippen LogP contribution is 2.15. The maximum Gasteiger partial charge on any atom is 0.132 e. The summed E-state index contributed by atoms with van der Waals surface area (Å²) in [7, 11) is 0. The lowest BCUT2D eigenvalue weighted by molar-refractivity contribution is 0.301. The highest BCUT2D eigenvalue weighted by atomic mass is 35.5. The molecule has 0 aliphatic heterocycles. The topological polar surface area (TPSA) is 35.0 Å². The fourth-order valence-electron chi connectivity index (χ4n) is 1.12. The molecular formula is C11H9ClN2O. The third-order valence-electron chi connectivity index (χ3n) is 1.81. The Balaban J connectivity index is 1.99. The lowest BCUT2D eigenvalue weighted by atomic mass is 10.4. The number of nitrogens with zero attached hydrogens (tertiary/aromatic N) is 2. The zero-order valence-electron chi connectivity index (χ0n) is 7.93. The molecule has 0 fully saturated rings. The van der Waals surface area contributed by atoms with Gasteiger partial charge in [-0.05, 0) is 18.2 Å². The Kier molecular flexibility index (Phi) is 3.15. The second-order valence-corrected chi connectivity index (χ2v) is 3.31. The van der Waals surface area contributed by atoms with Crippen LogP contribution in [-0.2, 0) is 6.61 Å². The average Bonchev–Trinajstić information content (AvgIpc) is 2.28. The predicted octanol–water partition coefficient (Wildman–Crippen LogP) is 2.71. The minimum atomic E-state index is 0.425. The Morgan fingerprint density at radius 3 is 2.80 bits per heavy atom. The maximum atomic E-state index is 5.72. The van der Waals surface area contributed by atoms with Gasteiger partial charge in [0.15, 0.2) is 0 Å². The van der Waals surface area contributed by atoms with Crippen molar-refractivity contribution in [3.05, 3.63) is 53.6 Å². The minimum absolute atomic E-state index is 0.425. The van der Waals surface area contributed by atoms with E-state index in [0.29, 0.717) is 17.5 Å². The van der Waals surface area contributed by atoms with Crippen molar-refractivity contribution in [2.24, 2.45) is 0 Å². The highest BCUT2D eigenvalue weighted by molar-refractivity contribution is 6.29. The lowest BCUT2D eigenvalue weighted by Crippen LogP contribution is -1.97. The fourth-order valence-corrected chi connectivity index (χ4v) is 1.28. The van der Waals surface area contributed by atoms with Gasteiger partial charge in [-0.15, -0.1) is 0 Å². The van der Waals surface area contributed by atoms with E-state index in [2.05, 4.69) is 9.97 Å². The Hall–Kier alpha value is -1.61. The molecule has 0 bridgehead atoms. The first kappa shape index (κ1) is 9.93. The number of halogens is 1. The van der Waals surface area contributed by atoms with Gasteiger partial charge in [0.05, 0.1) is 5.69 Å². The highest BCUT2D eigenvalue weighted by Gasteiger charge is 1.97. The van der Waals surface area contributed by atoms with Gasteiger partial charge in [0.1, 0.15) is 17.5 Å². The van der Waals surface area contributed by atoms with Gasteiger partial charge in [-0.1, -0.05) is 17.7 Å². The number of pyridine rings is 2. The minimum Gasteiger partial charge on any atom is -0.487 e. The molecule has 15 heavy (non-hydrogen) atoms. The number of ether oxygens (including phenoxy) is 1. The molecule has 0 unspecified atom stereocenters. The van der Waals surface area contributed by atoms with Crippen molar-refractivity contribution in [3.8, 4) is 5.75 Å². The van der Waals surface area contributed by atoms with E-state index < -0.39 is 0 Å². The van der Waals surface area contributed by atoms with Crippen molar-refractivity contribution in [1.29, 1.82) is 0 Å². The predicted molar refractivity (Wildman–Crippen MR) is 57.8 cm³/mol. The van der Waals surface area contributed by atoms with Crippen molar-refractivity contribution in [2.75, 3.05) is 0 Å². The first-order valence-electron chi connectivity index (χ1n) is 4.49. The van der Waals surface area contributed by atoms with E-state index in [4.69, 9.17) is 16.3 Å². The van der Waals surface area contributed by atoms with Crippen LogP contribution in [0.2, 0.25) is 5.15 Å². The van der Waals surface area contributed by atoms with Gasteiger partial charge in [0, 0.05) is 18.5 Å². The molecule has 0 amide bonds. The number of hydrogen-bond donors (Lipinski definition) is 0. The molecule has 0 spiro atoms. The molecule has 0 saturated carbocycles. The third-order valence-corrected chi connectivity index (χ3v) is 2.02. The Bertz CT molecular complexity index is 434. The van der Waals surface area contributed by atoms with E-state index in [1.165, 1.54) is 0 Å². The lowest BCUT2D eigenvalue weighted by Gasteiger charge is -2.04. The molecule has 2 heterocycles. The molecule has 0 saturated heterocycles. The van der Waals surface area contributed by atoms with Crippen LogP contribution in [0.25, 0.3) is 0 Å². The van der Waals surface area contributed by atoms with Gasteiger partial charge >= 0.3 is 0 Å². The second-order valence-electron chi connectivity index (χ2n) is 2.92. The number of hydrogen-bond acceptors (Lipinski definition) is 3. The summed E-state index contributed by atoms with van der Waals surface area (Å²) in [6.07, 6.45) is 3.34. The summed E-state index contributed by atoms with van der Waals surface area (Å²) >= 11 is 5.72. The first-order chi connectivity index (χ1) is 7.34. The van der Waals surface area contributed by atoms with Crippen molar-refractivity contribution >= 4 is 11.6 Å². The quantitative estimate of drug-likeness (QED) is 0.746. The average molecular weight is 221 g/mol. The van der Waals surface area contributed by atoms with Crippen LogP contribution in [0, 0.1) is 0 Å². The van der Waals surface area contributed by atoms with E-state index in [0.717, 1.165) is 5.69 Å². The number of aromatic nitrogens is 2. The zero-order valence-corrected chi connectivity index (χ0v) is 8.69. The molecule has 76 valence electrons. The van der Waals surface area contributed by atoms with E-state index in [1.54, 1.807) is 24.5 Å². The Morgan fingerprint density at radius 1 is 1.13 bits per heavy atom. The van der Waals surface area contributed by atoms with E-state index >= 15 is 0 Å². The molecule has 2 aromatic rings. The van der Waals surface area contributed by atoms with Gasteiger partial charge in [-0.25, -0.2) is 4.98 Å². The molecule has 2 aromatic heterocycles. The molecule has 0 aromatic carbocycles. The Labute approximate surface area is 92.7 Å². The van der Waals surface area contributed by atoms with Crippen molar-refractivity contribution < 1.29 is 4.74 Å². The molecule has 0 atom stereocenters. The van der Waals surface area contributed by atoms with Crippen molar-refractivity contribution in [2.45, 2.75) is 6.61 Å². The van der Waals surface area contributed by atoms with Gasteiger partial charge < -0.3 is 4.74 Å². The zero-order chi connectivity index (χ0) is 10.5. The molecule has 0 radical (unpaired) electrons. The molecule has 3 nitrogen and oxygen atoms in total. The summed E-state index contributed by atoms with van der Waals surface area (Å²) < 4.78 is 5.49. The second kappa shape index (κ2) is 4.75. The van der Waals surface area contributed by atoms with Crippen LogP contribution < -0.4 is 4.74 Å². The van der Waals surface area contributed by atoms with E-state index in [9.17, 15) is 0 Å². The van der Waals surface area contributed by atoms with Gasteiger partial charge in [-0.3, -0.25) is 4.98 Å². The van der Waals surface area contributed by atoms with Crippen LogP contribution in [0.4, 0.5) is 0 Å². The van der Waals surface area contributed by atoms with Crippen LogP contribution in [0.5, 0.6) is 5.75 Å². The number of rotatable bonds is 3. The van der Waals surface area contributed by atoms with Gasteiger partial charge in [0.25, 0.3) is 0 Å². The van der Waals surface area contributed by atoms with Crippen LogP contribution in [0.15, 0.2) is 42.7 Å². The standard InChI is InChI=1S/C11H9ClN2O/c12-11-7-10(4-6-14-11)15-8-9-3-1-2-5-13-9/h1-7H,8H2. The van der Waals surface area contributed by atoms with Crippen LogP contribution in [-0.4, -0.2) is 9.97 Å². The largest absolute Gasteiger partial charge is 0.487 e. The summed E-state index contributed by atoms with van der Waals surface area (Å²) in [6, 6.07) is 9.13. The first-order valence-corrected chi connectivity index (χ1v) is 4.86.